The molecule has 0 N–H and O–H groups in total. The largest absolute Gasteiger partial charge is 0.455 e. The zero-order valence-electron chi connectivity index (χ0n) is 10.1. The minimum Gasteiger partial charge on any atom is -0.455 e. The molecule has 0 fully saturated rings. The van der Waals surface area contributed by atoms with Crippen molar-refractivity contribution in [1.82, 2.24) is 4.98 Å². The minimum absolute atomic E-state index is 0.196. The molecule has 0 bridgehead atoms. The second-order valence-electron chi connectivity index (χ2n) is 4.05. The fraction of sp³-hybridized carbons (Fsp3) is 0.0667. The number of carbonyl (C=O) groups excluding carboxylic acids is 1. The quantitative estimate of drug-likeness (QED) is 0.681. The minimum atomic E-state index is -0.301. The molecule has 0 saturated heterocycles. The van der Waals surface area contributed by atoms with Crippen molar-refractivity contribution in [2.75, 3.05) is 0 Å². The van der Waals surface area contributed by atoms with Crippen LogP contribution in [0.2, 0.25) is 0 Å². The van der Waals surface area contributed by atoms with E-state index in [0.717, 1.165) is 16.6 Å². The number of esters is 1. The van der Waals surface area contributed by atoms with E-state index in [0.29, 0.717) is 4.88 Å². The summed E-state index contributed by atoms with van der Waals surface area (Å²) >= 11 is 1.37. The van der Waals surface area contributed by atoms with Crippen LogP contribution in [0.25, 0.3) is 10.9 Å². The second-order valence-corrected chi connectivity index (χ2v) is 5.00. The van der Waals surface area contributed by atoms with Crippen molar-refractivity contribution in [1.29, 1.82) is 0 Å². The molecule has 0 aliphatic rings. The molecule has 2 heterocycles. The van der Waals surface area contributed by atoms with Crippen molar-refractivity contribution in [2.24, 2.45) is 0 Å². The molecule has 0 aliphatic carbocycles. The Morgan fingerprint density at radius 2 is 2.00 bits per heavy atom. The van der Waals surface area contributed by atoms with Gasteiger partial charge in [-0.05, 0) is 23.6 Å². The van der Waals surface area contributed by atoms with E-state index in [-0.39, 0.29) is 12.6 Å². The van der Waals surface area contributed by atoms with Gasteiger partial charge in [-0.3, -0.25) is 0 Å². The second kappa shape index (κ2) is 5.20. The topological polar surface area (TPSA) is 39.2 Å². The van der Waals surface area contributed by atoms with Crippen molar-refractivity contribution in [2.45, 2.75) is 6.61 Å². The Balaban J connectivity index is 1.73. The predicted octanol–water partition coefficient (Wildman–Crippen LogP) is 3.65. The molecule has 0 aliphatic heterocycles. The van der Waals surface area contributed by atoms with Gasteiger partial charge in [-0.15, -0.1) is 11.3 Å². The lowest BCUT2D eigenvalue weighted by Crippen LogP contribution is -2.04. The molecule has 94 valence electrons. The van der Waals surface area contributed by atoms with Gasteiger partial charge in [0, 0.05) is 5.39 Å². The Labute approximate surface area is 114 Å². The first-order chi connectivity index (χ1) is 9.33. The number of hydrogen-bond acceptors (Lipinski definition) is 4. The van der Waals surface area contributed by atoms with Crippen LogP contribution in [0.1, 0.15) is 15.4 Å². The Bertz CT molecular complexity index is 707. The Hall–Kier alpha value is -2.20. The summed E-state index contributed by atoms with van der Waals surface area (Å²) in [7, 11) is 0. The molecule has 3 nitrogen and oxygen atoms in total. The maximum Gasteiger partial charge on any atom is 0.348 e. The summed E-state index contributed by atoms with van der Waals surface area (Å²) in [4.78, 5) is 16.8. The number of ether oxygens (including phenoxy) is 1. The number of rotatable bonds is 3. The summed E-state index contributed by atoms with van der Waals surface area (Å²) in [5.74, 6) is -0.301. The van der Waals surface area contributed by atoms with Gasteiger partial charge in [0.05, 0.1) is 11.2 Å². The fourth-order valence-corrected chi connectivity index (χ4v) is 2.41. The van der Waals surface area contributed by atoms with Gasteiger partial charge in [0.2, 0.25) is 0 Å². The Morgan fingerprint density at radius 3 is 2.84 bits per heavy atom. The first-order valence-corrected chi connectivity index (χ1v) is 6.76. The van der Waals surface area contributed by atoms with Crippen molar-refractivity contribution in [3.8, 4) is 0 Å². The molecule has 0 radical (unpaired) electrons. The smallest absolute Gasteiger partial charge is 0.348 e. The van der Waals surface area contributed by atoms with Gasteiger partial charge in [-0.2, -0.15) is 0 Å². The highest BCUT2D eigenvalue weighted by Gasteiger charge is 2.08. The maximum atomic E-state index is 11.7. The van der Waals surface area contributed by atoms with Crippen LogP contribution < -0.4 is 0 Å². The molecule has 2 aromatic heterocycles. The molecule has 0 atom stereocenters. The van der Waals surface area contributed by atoms with E-state index < -0.39 is 0 Å². The molecule has 0 amide bonds. The number of aromatic nitrogens is 1. The number of para-hydroxylation sites is 1. The summed E-state index contributed by atoms with van der Waals surface area (Å²) in [6.45, 7) is 0.196. The number of hydrogen-bond donors (Lipinski definition) is 0. The molecule has 0 saturated carbocycles. The number of benzene rings is 1. The Kier molecular flexibility index (Phi) is 3.25. The summed E-state index contributed by atoms with van der Waals surface area (Å²) < 4.78 is 5.23. The van der Waals surface area contributed by atoms with Crippen LogP contribution >= 0.6 is 11.3 Å². The number of nitrogens with zero attached hydrogens (tertiary/aromatic N) is 1. The number of carbonyl (C=O) groups is 1. The van der Waals surface area contributed by atoms with Crippen molar-refractivity contribution in [3.05, 3.63) is 64.5 Å². The third kappa shape index (κ3) is 2.63. The molecule has 3 aromatic rings. The van der Waals surface area contributed by atoms with Crippen LogP contribution in [0.4, 0.5) is 0 Å². The van der Waals surface area contributed by atoms with Crippen LogP contribution in [-0.4, -0.2) is 11.0 Å². The molecule has 3 rings (SSSR count). The van der Waals surface area contributed by atoms with Gasteiger partial charge in [0.15, 0.2) is 0 Å². The molecule has 0 unspecified atom stereocenters. The molecular weight excluding hydrogens is 258 g/mol. The number of fused-ring (bicyclic) bond motifs is 1. The average Bonchev–Trinajstić information content (AvgIpc) is 2.99. The molecule has 19 heavy (non-hydrogen) atoms. The zero-order chi connectivity index (χ0) is 13.1. The normalized spacial score (nSPS) is 10.5. The van der Waals surface area contributed by atoms with Gasteiger partial charge >= 0.3 is 5.97 Å². The fourth-order valence-electron chi connectivity index (χ4n) is 1.79. The standard InChI is InChI=1S/C15H11NO2S/c17-15(14-6-3-9-19-14)18-10-12-8-7-11-4-1-2-5-13(11)16-12/h1-9H,10H2. The van der Waals surface area contributed by atoms with E-state index in [1.165, 1.54) is 11.3 Å². The van der Waals surface area contributed by atoms with E-state index in [1.807, 2.05) is 47.8 Å². The monoisotopic (exact) mass is 269 g/mol. The van der Waals surface area contributed by atoms with Gasteiger partial charge in [0.25, 0.3) is 0 Å². The van der Waals surface area contributed by atoms with E-state index in [1.54, 1.807) is 6.07 Å². The summed E-state index contributed by atoms with van der Waals surface area (Å²) in [5.41, 5.74) is 1.66. The maximum absolute atomic E-state index is 11.7. The van der Waals surface area contributed by atoms with Gasteiger partial charge in [-0.1, -0.05) is 30.3 Å². The first kappa shape index (κ1) is 11.9. The van der Waals surface area contributed by atoms with Crippen molar-refractivity contribution < 1.29 is 9.53 Å². The lowest BCUT2D eigenvalue weighted by Gasteiger charge is -2.04. The van der Waals surface area contributed by atoms with E-state index in [9.17, 15) is 4.79 Å². The van der Waals surface area contributed by atoms with Crippen molar-refractivity contribution >= 4 is 28.2 Å². The van der Waals surface area contributed by atoms with Crippen molar-refractivity contribution in [3.63, 3.8) is 0 Å². The van der Waals surface area contributed by atoms with Gasteiger partial charge in [-0.25, -0.2) is 9.78 Å². The molecular formula is C15H11NO2S. The van der Waals surface area contributed by atoms with Crippen LogP contribution in [0, 0.1) is 0 Å². The van der Waals surface area contributed by atoms with E-state index in [2.05, 4.69) is 4.98 Å². The average molecular weight is 269 g/mol. The highest BCUT2D eigenvalue weighted by atomic mass is 32.1. The zero-order valence-corrected chi connectivity index (χ0v) is 10.9. The summed E-state index contributed by atoms with van der Waals surface area (Å²) in [6.07, 6.45) is 0. The predicted molar refractivity (Wildman–Crippen MR) is 75.2 cm³/mol. The van der Waals surface area contributed by atoms with Crippen LogP contribution in [0.15, 0.2) is 53.9 Å². The molecule has 4 heteroatoms. The number of pyridine rings is 1. The Morgan fingerprint density at radius 1 is 1.11 bits per heavy atom. The molecule has 1 aromatic carbocycles. The van der Waals surface area contributed by atoms with E-state index >= 15 is 0 Å². The highest BCUT2D eigenvalue weighted by molar-refractivity contribution is 7.11. The highest BCUT2D eigenvalue weighted by Crippen LogP contribution is 2.14. The molecule has 0 spiro atoms. The summed E-state index contributed by atoms with van der Waals surface area (Å²) in [6, 6.07) is 15.3. The number of thiophene rings is 1. The SMILES string of the molecule is O=C(OCc1ccc2ccccc2n1)c1cccs1. The van der Waals surface area contributed by atoms with Gasteiger partial charge in [0.1, 0.15) is 11.5 Å². The van der Waals surface area contributed by atoms with Crippen LogP contribution in [0.3, 0.4) is 0 Å². The van der Waals surface area contributed by atoms with E-state index in [4.69, 9.17) is 4.74 Å². The lowest BCUT2D eigenvalue weighted by atomic mass is 10.2. The third-order valence-corrected chi connectivity index (χ3v) is 3.58. The third-order valence-electron chi connectivity index (χ3n) is 2.73. The van der Waals surface area contributed by atoms with Crippen LogP contribution in [-0.2, 0) is 11.3 Å². The lowest BCUT2D eigenvalue weighted by molar-refractivity contribution is 0.0474. The first-order valence-electron chi connectivity index (χ1n) is 5.88. The van der Waals surface area contributed by atoms with Crippen LogP contribution in [0.5, 0.6) is 0 Å². The summed E-state index contributed by atoms with van der Waals surface area (Å²) in [5, 5.41) is 2.93. The van der Waals surface area contributed by atoms with Gasteiger partial charge < -0.3 is 4.74 Å².